The highest BCUT2D eigenvalue weighted by Gasteiger charge is 2.43. The summed E-state index contributed by atoms with van der Waals surface area (Å²) in [6.45, 7) is 7.14. The summed E-state index contributed by atoms with van der Waals surface area (Å²) < 4.78 is 9.68. The number of H-pyrrole nitrogens is 1. The molecule has 2 aliphatic rings. The van der Waals surface area contributed by atoms with Crippen molar-refractivity contribution in [1.29, 1.82) is 0 Å². The number of nitrogens with two attached hydrogens (primary N) is 2. The van der Waals surface area contributed by atoms with Crippen LogP contribution >= 0.6 is 0 Å². The molecule has 2 unspecified atom stereocenters. The van der Waals surface area contributed by atoms with Crippen molar-refractivity contribution >= 4 is 29.8 Å². The Bertz CT molecular complexity index is 1450. The predicted molar refractivity (Wildman–Crippen MR) is 164 cm³/mol. The third kappa shape index (κ3) is 7.57. The van der Waals surface area contributed by atoms with Crippen LogP contribution in [0.25, 0.3) is 12.2 Å². The second-order valence-electron chi connectivity index (χ2n) is 10.8. The molecule has 0 radical (unpaired) electrons. The summed E-state index contributed by atoms with van der Waals surface area (Å²) in [6, 6.07) is 1.93. The monoisotopic (exact) mass is 578 g/mol. The Balaban J connectivity index is 2.22. The lowest BCUT2D eigenvalue weighted by molar-refractivity contribution is -0.141. The zero-order valence-electron chi connectivity index (χ0n) is 25.2. The van der Waals surface area contributed by atoms with Crippen LogP contribution in [0.1, 0.15) is 69.8 Å². The number of allylic oxidation sites excluding steroid dienone is 6. The zero-order valence-corrected chi connectivity index (χ0v) is 25.2. The molecule has 3 rings (SSSR count). The number of hydrogen-bond donors (Lipinski definition) is 5. The molecule has 0 amide bonds. The number of aliphatic hydroxyl groups excluding tert-OH is 1. The molecule has 0 saturated carbocycles. The first kappa shape index (κ1) is 32.4. The topological polar surface area (TPSA) is 173 Å². The van der Waals surface area contributed by atoms with E-state index in [0.717, 1.165) is 28.0 Å². The molecule has 2 aliphatic heterocycles. The van der Waals surface area contributed by atoms with Crippen molar-refractivity contribution in [2.75, 3.05) is 14.2 Å². The summed E-state index contributed by atoms with van der Waals surface area (Å²) in [5.74, 6) is -0.678. The lowest BCUT2D eigenvalue weighted by Gasteiger charge is -2.22. The van der Waals surface area contributed by atoms with E-state index >= 15 is 0 Å². The number of hydrogen-bond acceptors (Lipinski definition) is 9. The first-order valence-corrected chi connectivity index (χ1v) is 13.8. The van der Waals surface area contributed by atoms with Crippen LogP contribution in [0.2, 0.25) is 0 Å². The van der Waals surface area contributed by atoms with Crippen LogP contribution in [0, 0.1) is 6.92 Å². The Morgan fingerprint density at radius 3 is 2.29 bits per heavy atom. The molecule has 1 aromatic heterocycles. The number of nitrogens with one attached hydrogen (secondary N) is 1. The van der Waals surface area contributed by atoms with Gasteiger partial charge < -0.3 is 36.1 Å². The molecule has 4 bridgehead atoms. The van der Waals surface area contributed by atoms with E-state index in [9.17, 15) is 19.8 Å². The molecule has 10 nitrogen and oxygen atoms in total. The normalized spacial score (nSPS) is 29.6. The molecule has 7 N–H and O–H groups in total. The summed E-state index contributed by atoms with van der Waals surface area (Å²) in [7, 11) is 2.69. The van der Waals surface area contributed by atoms with E-state index in [1.807, 2.05) is 45.1 Å². The lowest BCUT2D eigenvalue weighted by Crippen LogP contribution is -2.42. The molecule has 1 aromatic rings. The van der Waals surface area contributed by atoms with Crippen molar-refractivity contribution in [3.8, 4) is 0 Å². The molecule has 3 heterocycles. The van der Waals surface area contributed by atoms with Gasteiger partial charge in [0.05, 0.1) is 25.6 Å². The molecule has 226 valence electrons. The van der Waals surface area contributed by atoms with Crippen LogP contribution in [-0.2, 0) is 19.1 Å². The number of esters is 2. The van der Waals surface area contributed by atoms with Gasteiger partial charge in [-0.25, -0.2) is 0 Å². The number of aliphatic imine (C=N–C) groups is 1. The second kappa shape index (κ2) is 13.7. The van der Waals surface area contributed by atoms with Crippen LogP contribution in [0.4, 0.5) is 0 Å². The van der Waals surface area contributed by atoms with E-state index in [1.165, 1.54) is 21.1 Å². The first-order valence-electron chi connectivity index (χ1n) is 13.8. The van der Waals surface area contributed by atoms with E-state index in [0.29, 0.717) is 41.9 Å². The maximum absolute atomic E-state index is 12.0. The van der Waals surface area contributed by atoms with E-state index in [-0.39, 0.29) is 36.2 Å². The van der Waals surface area contributed by atoms with Crippen LogP contribution in [0.5, 0.6) is 0 Å². The third-order valence-electron chi connectivity index (χ3n) is 7.80. The average Bonchev–Trinajstić information content (AvgIpc) is 3.40. The predicted octanol–water partition coefficient (Wildman–Crippen LogP) is 3.87. The van der Waals surface area contributed by atoms with Crippen LogP contribution in [0.3, 0.4) is 0 Å². The number of aromatic nitrogens is 1. The number of carbonyl (C=O) groups is 2. The van der Waals surface area contributed by atoms with Crippen molar-refractivity contribution in [3.05, 3.63) is 80.6 Å². The fraction of sp³-hybridized carbons (Fsp3) is 0.406. The number of aliphatic hydroxyl groups is 2. The Hall–Kier alpha value is -4.15. The van der Waals surface area contributed by atoms with Gasteiger partial charge in [0.15, 0.2) is 0 Å². The molecule has 0 spiro atoms. The van der Waals surface area contributed by atoms with Gasteiger partial charge in [-0.1, -0.05) is 17.7 Å². The number of nitrogens with zero attached hydrogens (tertiary/aromatic N) is 1. The lowest BCUT2D eigenvalue weighted by atomic mass is 9.92. The number of ether oxygens (including phenoxy) is 2. The smallest absolute Gasteiger partial charge is 0.305 e. The van der Waals surface area contributed by atoms with Gasteiger partial charge in [-0.3, -0.25) is 14.6 Å². The second-order valence-corrected chi connectivity index (χ2v) is 10.8. The Morgan fingerprint density at radius 2 is 1.64 bits per heavy atom. The summed E-state index contributed by atoms with van der Waals surface area (Å²) in [4.78, 5) is 31.8. The van der Waals surface area contributed by atoms with Gasteiger partial charge in [0, 0.05) is 35.6 Å². The van der Waals surface area contributed by atoms with Crippen molar-refractivity contribution in [1.82, 2.24) is 4.98 Å². The molecule has 42 heavy (non-hydrogen) atoms. The fourth-order valence-corrected chi connectivity index (χ4v) is 4.80. The minimum absolute atomic E-state index is 0.140. The van der Waals surface area contributed by atoms with Gasteiger partial charge in [-0.2, -0.15) is 0 Å². The standard InChI is InChI=1S/C32H42N4O6/c1-18-14-23-15-24(33)19(2)21(10-12-29(37)41-5)8-7-9-22(11-13-30(38)42-6)20(3)25(34)16-28-32(4,40)31(39)27(36-28)17-26(18)35-23/h7,9,14-17,31,35,39-40H,8,10-13,33-34H2,1-6H3/b9-7+,21-19+,22-20+,24-15-,25-16-,27-17-. The SMILES string of the molecule is COC(=O)CCC1=C(C)/C(N)=C/C2=NC(=C\c3[nH]c(cc3C)/C=C(N)/C(C)=C(/CCC(=O)OC)C\C=C\1)/C(O)C2(C)O. The van der Waals surface area contributed by atoms with Gasteiger partial charge >= 0.3 is 11.9 Å². The zero-order chi connectivity index (χ0) is 31.2. The van der Waals surface area contributed by atoms with E-state index in [2.05, 4.69) is 9.98 Å². The summed E-state index contributed by atoms with van der Waals surface area (Å²) in [5.41, 5.74) is 18.3. The van der Waals surface area contributed by atoms with Gasteiger partial charge in [0.2, 0.25) is 0 Å². The largest absolute Gasteiger partial charge is 0.469 e. The fourth-order valence-electron chi connectivity index (χ4n) is 4.80. The highest BCUT2D eigenvalue weighted by molar-refractivity contribution is 6.06. The van der Waals surface area contributed by atoms with Crippen molar-refractivity contribution in [2.24, 2.45) is 16.5 Å². The maximum atomic E-state index is 12.0. The molecule has 0 fully saturated rings. The van der Waals surface area contributed by atoms with Crippen LogP contribution in [0.15, 0.2) is 68.7 Å². The average molecular weight is 579 g/mol. The maximum Gasteiger partial charge on any atom is 0.305 e. The Labute approximate surface area is 246 Å². The number of rotatable bonds is 6. The van der Waals surface area contributed by atoms with Gasteiger partial charge in [-0.05, 0) is 93.5 Å². The molecule has 0 aliphatic carbocycles. The Kier molecular flexibility index (Phi) is 10.5. The van der Waals surface area contributed by atoms with Gasteiger partial charge in [0.25, 0.3) is 0 Å². The summed E-state index contributed by atoms with van der Waals surface area (Å²) >= 11 is 0. The Morgan fingerprint density at radius 1 is 1.02 bits per heavy atom. The number of aryl methyl sites for hydroxylation is 1. The van der Waals surface area contributed by atoms with Crippen molar-refractivity contribution in [3.63, 3.8) is 0 Å². The number of carbonyl (C=O) groups excluding carboxylic acids is 2. The minimum Gasteiger partial charge on any atom is -0.469 e. The van der Waals surface area contributed by atoms with Crippen molar-refractivity contribution in [2.45, 2.75) is 71.5 Å². The molecular formula is C32H42N4O6. The quantitative estimate of drug-likeness (QED) is 0.316. The highest BCUT2D eigenvalue weighted by atomic mass is 16.5. The van der Waals surface area contributed by atoms with Crippen LogP contribution < -0.4 is 11.5 Å². The summed E-state index contributed by atoms with van der Waals surface area (Å²) in [6.07, 6.45) is 9.26. The number of fused-ring (bicyclic) bond motifs is 3. The number of methoxy groups -OCH3 is 2. The third-order valence-corrected chi connectivity index (χ3v) is 7.80. The summed E-state index contributed by atoms with van der Waals surface area (Å²) in [5, 5.41) is 22.1. The minimum atomic E-state index is -1.68. The highest BCUT2D eigenvalue weighted by Crippen LogP contribution is 2.32. The molecule has 10 heteroatoms. The molecule has 2 atom stereocenters. The van der Waals surface area contributed by atoms with Crippen molar-refractivity contribution < 1.29 is 29.3 Å². The molecule has 0 aromatic carbocycles. The van der Waals surface area contributed by atoms with E-state index in [4.69, 9.17) is 20.9 Å². The number of aromatic amines is 1. The van der Waals surface area contributed by atoms with Crippen LogP contribution in [-0.4, -0.2) is 58.8 Å². The molecule has 0 saturated heterocycles. The van der Waals surface area contributed by atoms with Gasteiger partial charge in [0.1, 0.15) is 11.7 Å². The van der Waals surface area contributed by atoms with Gasteiger partial charge in [-0.15, -0.1) is 0 Å². The molecular weight excluding hydrogens is 536 g/mol. The first-order chi connectivity index (χ1) is 19.8. The van der Waals surface area contributed by atoms with E-state index < -0.39 is 11.7 Å². The van der Waals surface area contributed by atoms with E-state index in [1.54, 1.807) is 12.2 Å².